The first-order chi connectivity index (χ1) is 9.10. The van der Waals surface area contributed by atoms with E-state index < -0.39 is 40.3 Å². The molecule has 0 unspecified atom stereocenters. The van der Waals surface area contributed by atoms with Crippen LogP contribution in [0.2, 0.25) is 5.15 Å². The van der Waals surface area contributed by atoms with Gasteiger partial charge in [0.15, 0.2) is 6.61 Å². The minimum atomic E-state index is -4.64. The Bertz CT molecular complexity index is 550. The number of aromatic nitrogens is 1. The number of hydrogen-bond acceptors (Lipinski definition) is 5. The maximum Gasteiger partial charge on any atom is 0.422 e. The lowest BCUT2D eigenvalue weighted by molar-refractivity contribution is -0.385. The zero-order chi connectivity index (χ0) is 15.5. The number of pyridine rings is 1. The quantitative estimate of drug-likeness (QED) is 0.523. The second-order valence-corrected chi connectivity index (χ2v) is 3.85. The maximum atomic E-state index is 12.1. The van der Waals surface area contributed by atoms with Crippen molar-refractivity contribution in [2.75, 3.05) is 11.9 Å². The summed E-state index contributed by atoms with van der Waals surface area (Å²) in [6, 6.07) is 0.766. The smallest absolute Gasteiger partial charge is 0.422 e. The van der Waals surface area contributed by atoms with Gasteiger partial charge in [-0.3, -0.25) is 14.9 Å². The Morgan fingerprint density at radius 3 is 2.65 bits per heavy atom. The van der Waals surface area contributed by atoms with Crippen LogP contribution in [-0.2, 0) is 4.79 Å². The van der Waals surface area contributed by atoms with Gasteiger partial charge in [0.05, 0.1) is 4.92 Å². The summed E-state index contributed by atoms with van der Waals surface area (Å²) in [6.07, 6.45) is -4.64. The summed E-state index contributed by atoms with van der Waals surface area (Å²) in [6.45, 7) is -0.616. The number of amides is 1. The first-order valence-electron chi connectivity index (χ1n) is 4.92. The molecule has 0 radical (unpaired) electrons. The Kier molecular flexibility index (Phi) is 4.71. The van der Waals surface area contributed by atoms with Crippen molar-refractivity contribution in [1.29, 1.82) is 0 Å². The lowest BCUT2D eigenvalue weighted by atomic mass is 10.3. The molecule has 1 N–H and O–H groups in total. The van der Waals surface area contributed by atoms with Crippen LogP contribution in [-0.4, -0.2) is 28.6 Å². The van der Waals surface area contributed by atoms with Crippen molar-refractivity contribution in [3.63, 3.8) is 0 Å². The molecule has 7 nitrogen and oxygen atoms in total. The van der Waals surface area contributed by atoms with E-state index in [1.807, 2.05) is 0 Å². The molecule has 0 aliphatic heterocycles. The maximum absolute atomic E-state index is 12.1. The van der Waals surface area contributed by atoms with E-state index in [0.29, 0.717) is 0 Å². The molecular formula is C9H7ClF3N3O4. The molecule has 0 spiro atoms. The number of halogens is 4. The molecule has 0 aromatic carbocycles. The van der Waals surface area contributed by atoms with E-state index in [0.717, 1.165) is 13.0 Å². The van der Waals surface area contributed by atoms with Crippen LogP contribution in [0.25, 0.3) is 0 Å². The number of anilines is 1. The van der Waals surface area contributed by atoms with Crippen LogP contribution >= 0.6 is 11.6 Å². The minimum Gasteiger partial charge on any atom is -0.466 e. The van der Waals surface area contributed by atoms with Gasteiger partial charge in [-0.2, -0.15) is 18.2 Å². The number of carbonyl (C=O) groups is 1. The Hall–Kier alpha value is -2.10. The highest BCUT2D eigenvalue weighted by atomic mass is 35.5. The first-order valence-corrected chi connectivity index (χ1v) is 5.30. The third kappa shape index (κ3) is 4.53. The molecule has 110 valence electrons. The van der Waals surface area contributed by atoms with Gasteiger partial charge in [-0.1, -0.05) is 11.6 Å². The van der Waals surface area contributed by atoms with E-state index in [2.05, 4.69) is 15.0 Å². The third-order valence-corrected chi connectivity index (χ3v) is 2.08. The van der Waals surface area contributed by atoms with Gasteiger partial charge >= 0.3 is 11.9 Å². The van der Waals surface area contributed by atoms with Gasteiger partial charge in [0, 0.05) is 13.0 Å². The van der Waals surface area contributed by atoms with E-state index >= 15 is 0 Å². The summed E-state index contributed by atoms with van der Waals surface area (Å²) in [5.41, 5.74) is -1.05. The van der Waals surface area contributed by atoms with Crippen molar-refractivity contribution in [2.45, 2.75) is 13.1 Å². The monoisotopic (exact) mass is 313 g/mol. The predicted octanol–water partition coefficient (Wildman–Crippen LogP) is 2.54. The van der Waals surface area contributed by atoms with Crippen LogP contribution in [0.3, 0.4) is 0 Å². The van der Waals surface area contributed by atoms with E-state index in [9.17, 15) is 28.1 Å². The molecule has 1 rings (SSSR count). The summed E-state index contributed by atoms with van der Waals surface area (Å²) in [5.74, 6) is -1.33. The van der Waals surface area contributed by atoms with E-state index in [4.69, 9.17) is 11.6 Å². The second kappa shape index (κ2) is 5.90. The number of nitrogens with zero attached hydrogens (tertiary/aromatic N) is 2. The fourth-order valence-electron chi connectivity index (χ4n) is 1.13. The Morgan fingerprint density at radius 2 is 2.20 bits per heavy atom. The Balaban J connectivity index is 3.16. The first kappa shape index (κ1) is 16.0. The van der Waals surface area contributed by atoms with Crippen molar-refractivity contribution in [1.82, 2.24) is 4.98 Å². The van der Waals surface area contributed by atoms with Gasteiger partial charge in [-0.25, -0.2) is 0 Å². The molecule has 0 bridgehead atoms. The molecule has 0 fully saturated rings. The average molecular weight is 314 g/mol. The number of nitro groups is 1. The third-order valence-electron chi connectivity index (χ3n) is 1.80. The largest absolute Gasteiger partial charge is 0.466 e. The molecule has 1 amide bonds. The molecule has 11 heteroatoms. The van der Waals surface area contributed by atoms with Crippen molar-refractivity contribution in [2.24, 2.45) is 0 Å². The molecule has 0 aliphatic carbocycles. The van der Waals surface area contributed by atoms with Crippen LogP contribution in [0, 0.1) is 10.1 Å². The van der Waals surface area contributed by atoms with Crippen molar-refractivity contribution in [3.8, 4) is 5.88 Å². The zero-order valence-electron chi connectivity index (χ0n) is 9.82. The van der Waals surface area contributed by atoms with Gasteiger partial charge in [-0.05, 0) is 0 Å². The van der Waals surface area contributed by atoms with Crippen molar-refractivity contribution in [3.05, 3.63) is 21.3 Å². The molecule has 1 aromatic rings. The van der Waals surface area contributed by atoms with Crippen molar-refractivity contribution >= 4 is 28.9 Å². The number of rotatable bonds is 4. The molecule has 0 aliphatic rings. The van der Waals surface area contributed by atoms with E-state index in [-0.39, 0.29) is 5.69 Å². The number of nitrogens with one attached hydrogen (secondary N) is 1. The van der Waals surface area contributed by atoms with Gasteiger partial charge in [0.1, 0.15) is 5.69 Å². The van der Waals surface area contributed by atoms with Crippen LogP contribution in [0.4, 0.5) is 24.5 Å². The van der Waals surface area contributed by atoms with E-state index in [1.165, 1.54) is 0 Å². The van der Waals surface area contributed by atoms with Crippen LogP contribution < -0.4 is 10.1 Å². The molecular weight excluding hydrogens is 307 g/mol. The number of alkyl halides is 3. The minimum absolute atomic E-state index is 0.377. The van der Waals surface area contributed by atoms with E-state index in [1.54, 1.807) is 0 Å². The lowest BCUT2D eigenvalue weighted by Gasteiger charge is -2.12. The summed E-state index contributed by atoms with van der Waals surface area (Å²) in [5, 5.41) is 12.1. The second-order valence-electron chi connectivity index (χ2n) is 3.49. The zero-order valence-corrected chi connectivity index (χ0v) is 10.6. The highest BCUT2D eigenvalue weighted by Gasteiger charge is 2.30. The Morgan fingerprint density at radius 1 is 1.60 bits per heavy atom. The summed E-state index contributed by atoms with van der Waals surface area (Å²) in [7, 11) is 0. The van der Waals surface area contributed by atoms with Gasteiger partial charge in [0.25, 0.3) is 0 Å². The topological polar surface area (TPSA) is 94.4 Å². The van der Waals surface area contributed by atoms with Crippen LogP contribution in [0.1, 0.15) is 6.92 Å². The highest BCUT2D eigenvalue weighted by Crippen LogP contribution is 2.33. The summed E-state index contributed by atoms with van der Waals surface area (Å²) < 4.78 is 40.5. The lowest BCUT2D eigenvalue weighted by Crippen LogP contribution is -2.20. The highest BCUT2D eigenvalue weighted by molar-refractivity contribution is 6.31. The fraction of sp³-hybridized carbons (Fsp3) is 0.333. The predicted molar refractivity (Wildman–Crippen MR) is 61.8 cm³/mol. The number of hydrogen-bond donors (Lipinski definition) is 1. The Labute approximate surface area is 114 Å². The van der Waals surface area contributed by atoms with Gasteiger partial charge in [-0.15, -0.1) is 0 Å². The van der Waals surface area contributed by atoms with Crippen molar-refractivity contribution < 1.29 is 27.6 Å². The molecule has 20 heavy (non-hydrogen) atoms. The molecule has 0 atom stereocenters. The SMILES string of the molecule is CC(=O)Nc1cc([N+](=O)[O-])c(Cl)nc1OCC(F)(F)F. The van der Waals surface area contributed by atoms with Crippen LogP contribution in [0.5, 0.6) is 5.88 Å². The molecule has 1 aromatic heterocycles. The average Bonchev–Trinajstić information content (AvgIpc) is 2.26. The normalized spacial score (nSPS) is 11.1. The van der Waals surface area contributed by atoms with Gasteiger partial charge < -0.3 is 10.1 Å². The standard InChI is InChI=1S/C9H7ClF3N3O4/c1-4(17)14-5-2-6(16(18)19)7(10)15-8(5)20-3-9(11,12)13/h2H,3H2,1H3,(H,14,17). The fourth-order valence-corrected chi connectivity index (χ4v) is 1.33. The molecule has 0 saturated carbocycles. The molecule has 0 saturated heterocycles. The van der Waals surface area contributed by atoms with Crippen LogP contribution in [0.15, 0.2) is 6.07 Å². The van der Waals surface area contributed by atoms with Gasteiger partial charge in [0.2, 0.25) is 16.9 Å². The summed E-state index contributed by atoms with van der Waals surface area (Å²) >= 11 is 5.46. The number of ether oxygens (including phenoxy) is 1. The molecule has 1 heterocycles. The number of carbonyl (C=O) groups excluding carboxylic acids is 1. The summed E-state index contributed by atoms with van der Waals surface area (Å²) in [4.78, 5) is 24.0.